The van der Waals surface area contributed by atoms with E-state index >= 15 is 0 Å². The Labute approximate surface area is 115 Å². The largest absolute Gasteiger partial charge is 0.481 e. The van der Waals surface area contributed by atoms with Gasteiger partial charge in [0.25, 0.3) is 0 Å². The lowest BCUT2D eigenvalue weighted by atomic mass is 10.0. The maximum absolute atomic E-state index is 11.5. The van der Waals surface area contributed by atoms with Crippen molar-refractivity contribution in [3.63, 3.8) is 0 Å². The number of nitrogens with zero attached hydrogens (tertiary/aromatic N) is 1. The molecule has 1 aromatic rings. The topological polar surface area (TPSA) is 68.3 Å². The van der Waals surface area contributed by atoms with Crippen molar-refractivity contribution in [2.45, 2.75) is 25.8 Å². The maximum atomic E-state index is 11.5. The Morgan fingerprint density at radius 3 is 2.79 bits per heavy atom. The number of pyridine rings is 1. The van der Waals surface area contributed by atoms with Gasteiger partial charge in [-0.05, 0) is 26.0 Å². The molecular formula is C13H22N2O3S. The molecule has 1 atom stereocenters. The number of nitrogens with one attached hydrogen (secondary N) is 1. The number of sulfone groups is 1. The van der Waals surface area contributed by atoms with Crippen molar-refractivity contribution >= 4 is 9.84 Å². The lowest BCUT2D eigenvalue weighted by molar-refractivity contribution is 0.382. The maximum Gasteiger partial charge on any atom is 0.217 e. The fourth-order valence-corrected chi connectivity index (χ4v) is 2.84. The molecular weight excluding hydrogens is 264 g/mol. The highest BCUT2D eigenvalue weighted by Gasteiger charge is 2.16. The summed E-state index contributed by atoms with van der Waals surface area (Å²) in [7, 11) is 0.540. The minimum Gasteiger partial charge on any atom is -0.481 e. The van der Waals surface area contributed by atoms with Crippen molar-refractivity contribution in [3.05, 3.63) is 23.9 Å². The second kappa shape index (κ2) is 7.45. The Bertz CT molecular complexity index is 488. The molecule has 0 radical (unpaired) electrons. The lowest BCUT2D eigenvalue weighted by Gasteiger charge is -2.18. The first-order valence-electron chi connectivity index (χ1n) is 6.40. The van der Waals surface area contributed by atoms with Crippen molar-refractivity contribution in [1.82, 2.24) is 10.3 Å². The van der Waals surface area contributed by atoms with E-state index in [9.17, 15) is 8.42 Å². The molecule has 0 aliphatic heterocycles. The Morgan fingerprint density at radius 2 is 2.21 bits per heavy atom. The van der Waals surface area contributed by atoms with Gasteiger partial charge in [0.2, 0.25) is 5.88 Å². The van der Waals surface area contributed by atoms with Crippen LogP contribution in [0.2, 0.25) is 0 Å². The van der Waals surface area contributed by atoms with E-state index in [-0.39, 0.29) is 17.5 Å². The van der Waals surface area contributed by atoms with Gasteiger partial charge < -0.3 is 10.1 Å². The van der Waals surface area contributed by atoms with Gasteiger partial charge in [0.15, 0.2) is 0 Å². The van der Waals surface area contributed by atoms with Gasteiger partial charge in [-0.25, -0.2) is 13.4 Å². The predicted octanol–water partition coefficient (Wildman–Crippen LogP) is 1.57. The first-order valence-corrected chi connectivity index (χ1v) is 8.22. The summed E-state index contributed by atoms with van der Waals surface area (Å²) in [5.74, 6) is 1.01. The molecule has 1 aromatic heterocycles. The van der Waals surface area contributed by atoms with Crippen molar-refractivity contribution in [1.29, 1.82) is 0 Å². The minimum atomic E-state index is -2.90. The second-order valence-corrected chi connectivity index (χ2v) is 6.79. The number of aromatic nitrogens is 1. The minimum absolute atomic E-state index is 0.0516. The molecule has 5 nitrogen and oxygen atoms in total. The van der Waals surface area contributed by atoms with Crippen LogP contribution in [0.3, 0.4) is 0 Å². The molecule has 0 saturated carbocycles. The van der Waals surface area contributed by atoms with Crippen molar-refractivity contribution in [2.75, 3.05) is 25.7 Å². The van der Waals surface area contributed by atoms with E-state index in [1.54, 1.807) is 20.2 Å². The van der Waals surface area contributed by atoms with E-state index < -0.39 is 9.84 Å². The quantitative estimate of drug-likeness (QED) is 0.785. The summed E-state index contributed by atoms with van der Waals surface area (Å²) < 4.78 is 28.2. The van der Waals surface area contributed by atoms with E-state index in [0.29, 0.717) is 12.3 Å². The number of rotatable bonds is 8. The summed E-state index contributed by atoms with van der Waals surface area (Å²) >= 11 is 0. The molecule has 1 unspecified atom stereocenters. The van der Waals surface area contributed by atoms with E-state index in [1.165, 1.54) is 0 Å². The van der Waals surface area contributed by atoms with Gasteiger partial charge in [0.1, 0.15) is 9.84 Å². The fraction of sp³-hybridized carbons (Fsp3) is 0.615. The van der Waals surface area contributed by atoms with Crippen LogP contribution < -0.4 is 10.1 Å². The summed E-state index contributed by atoms with van der Waals surface area (Å²) in [6.45, 7) is 1.68. The van der Waals surface area contributed by atoms with E-state index in [0.717, 1.165) is 12.0 Å². The van der Waals surface area contributed by atoms with Crippen LogP contribution in [0.15, 0.2) is 18.3 Å². The molecule has 0 spiro atoms. The highest BCUT2D eigenvalue weighted by molar-refractivity contribution is 7.91. The van der Waals surface area contributed by atoms with Gasteiger partial charge >= 0.3 is 0 Å². The third-order valence-corrected chi connectivity index (χ3v) is 4.90. The summed E-state index contributed by atoms with van der Waals surface area (Å²) in [6.07, 6.45) is 3.04. The molecule has 0 amide bonds. The zero-order valence-corrected chi connectivity index (χ0v) is 12.5. The second-order valence-electron chi connectivity index (χ2n) is 4.32. The molecule has 1 heterocycles. The number of hydrogen-bond donors (Lipinski definition) is 1. The number of ether oxygens (including phenoxy) is 1. The average molecular weight is 286 g/mol. The van der Waals surface area contributed by atoms with E-state index in [1.807, 2.05) is 19.2 Å². The van der Waals surface area contributed by atoms with Crippen LogP contribution in [0.25, 0.3) is 0 Å². The van der Waals surface area contributed by atoms with Gasteiger partial charge in [0.05, 0.1) is 12.9 Å². The van der Waals surface area contributed by atoms with Crippen LogP contribution in [-0.4, -0.2) is 39.1 Å². The Morgan fingerprint density at radius 1 is 1.47 bits per heavy atom. The fourth-order valence-electron chi connectivity index (χ4n) is 1.95. The average Bonchev–Trinajstić information content (AvgIpc) is 2.43. The van der Waals surface area contributed by atoms with Crippen molar-refractivity contribution in [3.8, 4) is 5.88 Å². The molecule has 1 N–H and O–H groups in total. The lowest BCUT2D eigenvalue weighted by Crippen LogP contribution is -2.19. The number of methoxy groups -OCH3 is 1. The standard InChI is InChI=1S/C13H22N2O3S/c1-4-19(16,17)10-6-8-12(14-2)11-7-5-9-15-13(11)18-3/h5,7,9,12,14H,4,6,8,10H2,1-3H3. The van der Waals surface area contributed by atoms with Gasteiger partial charge in [-0.2, -0.15) is 0 Å². The molecule has 0 fully saturated rings. The monoisotopic (exact) mass is 286 g/mol. The van der Waals surface area contributed by atoms with Gasteiger partial charge in [-0.15, -0.1) is 0 Å². The predicted molar refractivity (Wildman–Crippen MR) is 76.2 cm³/mol. The summed E-state index contributed by atoms with van der Waals surface area (Å²) in [4.78, 5) is 4.16. The molecule has 0 aliphatic rings. The number of hydrogen-bond acceptors (Lipinski definition) is 5. The summed E-state index contributed by atoms with van der Waals surface area (Å²) in [6, 6.07) is 3.85. The molecule has 0 aromatic carbocycles. The molecule has 0 bridgehead atoms. The van der Waals surface area contributed by atoms with Crippen molar-refractivity contribution in [2.24, 2.45) is 0 Å². The smallest absolute Gasteiger partial charge is 0.217 e. The van der Waals surface area contributed by atoms with Crippen LogP contribution in [0.4, 0.5) is 0 Å². The first kappa shape index (κ1) is 15.9. The molecule has 0 aliphatic carbocycles. The molecule has 6 heteroatoms. The van der Waals surface area contributed by atoms with Gasteiger partial charge in [0, 0.05) is 23.6 Å². The van der Waals surface area contributed by atoms with Crippen LogP contribution in [0.5, 0.6) is 5.88 Å². The highest BCUT2D eigenvalue weighted by atomic mass is 32.2. The first-order chi connectivity index (χ1) is 9.04. The van der Waals surface area contributed by atoms with E-state index in [2.05, 4.69) is 10.3 Å². The molecule has 1 rings (SSSR count). The zero-order chi connectivity index (χ0) is 14.3. The van der Waals surface area contributed by atoms with Crippen molar-refractivity contribution < 1.29 is 13.2 Å². The molecule has 0 saturated heterocycles. The van der Waals surface area contributed by atoms with Crippen LogP contribution in [0.1, 0.15) is 31.4 Å². The van der Waals surface area contributed by atoms with E-state index in [4.69, 9.17) is 4.74 Å². The van der Waals surface area contributed by atoms with Gasteiger partial charge in [-0.1, -0.05) is 13.0 Å². The molecule has 108 valence electrons. The SMILES string of the molecule is CCS(=O)(=O)CCCC(NC)c1cccnc1OC. The third kappa shape index (κ3) is 4.80. The van der Waals surface area contributed by atoms with Crippen LogP contribution in [-0.2, 0) is 9.84 Å². The summed E-state index contributed by atoms with van der Waals surface area (Å²) in [5.41, 5.74) is 0.960. The van der Waals surface area contributed by atoms with Gasteiger partial charge in [-0.3, -0.25) is 0 Å². The Kier molecular flexibility index (Phi) is 6.24. The highest BCUT2D eigenvalue weighted by Crippen LogP contribution is 2.25. The Hall–Kier alpha value is -1.14. The zero-order valence-electron chi connectivity index (χ0n) is 11.7. The molecule has 19 heavy (non-hydrogen) atoms. The van der Waals surface area contributed by atoms with Crippen LogP contribution >= 0.6 is 0 Å². The Balaban J connectivity index is 2.68. The van der Waals surface area contributed by atoms with Crippen LogP contribution in [0, 0.1) is 0 Å². The third-order valence-electron chi connectivity index (χ3n) is 3.11. The summed E-state index contributed by atoms with van der Waals surface area (Å²) in [5, 5.41) is 3.18. The normalized spacial score (nSPS) is 13.2.